The maximum atomic E-state index is 12.6. The van der Waals surface area contributed by atoms with E-state index in [1.165, 1.54) is 0 Å². The third-order valence-electron chi connectivity index (χ3n) is 1.29. The molecule has 0 fully saturated rings. The lowest BCUT2D eigenvalue weighted by Gasteiger charge is -2.01. The summed E-state index contributed by atoms with van der Waals surface area (Å²) >= 11 is 0. The Hall–Kier alpha value is -1.32. The topological polar surface area (TPSA) is 40.5 Å². The quantitative estimate of drug-likeness (QED) is 0.656. The van der Waals surface area contributed by atoms with Crippen LogP contribution < -0.4 is 0 Å². The van der Waals surface area contributed by atoms with Crippen molar-refractivity contribution in [2.75, 3.05) is 0 Å². The van der Waals surface area contributed by atoms with Gasteiger partial charge in [0.1, 0.15) is 24.0 Å². The number of rotatable bonds is 1. The van der Waals surface area contributed by atoms with Gasteiger partial charge in [-0.15, -0.1) is 0 Å². The van der Waals surface area contributed by atoms with E-state index in [1.807, 2.05) is 0 Å². The Bertz CT molecular complexity index is 250. The van der Waals surface area contributed by atoms with Gasteiger partial charge in [-0.2, -0.15) is 0 Å². The summed E-state index contributed by atoms with van der Waals surface area (Å²) in [4.78, 5) is 0. The Morgan fingerprint density at radius 2 is 1.91 bits per heavy atom. The predicted molar refractivity (Wildman–Crippen MR) is 34.5 cm³/mol. The highest BCUT2D eigenvalue weighted by atomic mass is 19.1. The van der Waals surface area contributed by atoms with Crippen molar-refractivity contribution in [1.29, 1.82) is 0 Å². The van der Waals surface area contributed by atoms with Crippen molar-refractivity contribution in [1.82, 2.24) is 0 Å². The smallest absolute Gasteiger partial charge is 0.136 e. The fraction of sp³-hybridized carbons (Fsp3) is 0.143. The largest absolute Gasteiger partial charge is 0.508 e. The summed E-state index contributed by atoms with van der Waals surface area (Å²) in [5, 5.41) is 17.5. The first kappa shape index (κ1) is 7.78. The van der Waals surface area contributed by atoms with Crippen LogP contribution in [0, 0.1) is 5.82 Å². The molecule has 0 spiro atoms. The van der Waals surface area contributed by atoms with Gasteiger partial charge < -0.3 is 10.2 Å². The number of phenolic OH excluding ortho intramolecular Hbond substituents is 2. The molecule has 0 atom stereocenters. The highest BCUT2D eigenvalue weighted by Crippen LogP contribution is 2.26. The second kappa shape index (κ2) is 2.74. The second-order valence-electron chi connectivity index (χ2n) is 2.06. The van der Waals surface area contributed by atoms with Crippen molar-refractivity contribution >= 4 is 0 Å². The maximum Gasteiger partial charge on any atom is 0.136 e. The highest BCUT2D eigenvalue weighted by Gasteiger charge is 2.08. The number of halogens is 2. The molecule has 0 bridgehead atoms. The van der Waals surface area contributed by atoms with E-state index in [4.69, 9.17) is 10.2 Å². The van der Waals surface area contributed by atoms with Gasteiger partial charge in [-0.1, -0.05) is 0 Å². The number of aromatic hydroxyl groups is 2. The van der Waals surface area contributed by atoms with E-state index in [2.05, 4.69) is 0 Å². The lowest BCUT2D eigenvalue weighted by Crippen LogP contribution is -1.86. The van der Waals surface area contributed by atoms with Crippen molar-refractivity contribution in [3.05, 3.63) is 23.5 Å². The fourth-order valence-corrected chi connectivity index (χ4v) is 0.740. The van der Waals surface area contributed by atoms with Gasteiger partial charge in [0, 0.05) is 12.1 Å². The molecule has 11 heavy (non-hydrogen) atoms. The zero-order valence-electron chi connectivity index (χ0n) is 5.51. The molecule has 0 amide bonds. The molecule has 0 heterocycles. The van der Waals surface area contributed by atoms with Gasteiger partial charge in [0.05, 0.1) is 5.56 Å². The molecule has 2 N–H and O–H groups in total. The van der Waals surface area contributed by atoms with Crippen molar-refractivity contribution in [3.63, 3.8) is 0 Å². The van der Waals surface area contributed by atoms with Crippen LogP contribution in [0.3, 0.4) is 0 Å². The molecule has 2 nitrogen and oxygen atoms in total. The number of hydrogen-bond donors (Lipinski definition) is 2. The van der Waals surface area contributed by atoms with Gasteiger partial charge in [-0.25, -0.2) is 8.78 Å². The summed E-state index contributed by atoms with van der Waals surface area (Å²) in [6.45, 7) is -1.09. The normalized spacial score (nSPS) is 10.0. The van der Waals surface area contributed by atoms with Gasteiger partial charge >= 0.3 is 0 Å². The van der Waals surface area contributed by atoms with Crippen molar-refractivity contribution in [2.24, 2.45) is 0 Å². The molecule has 0 radical (unpaired) electrons. The standard InChI is InChI=1S/C7H6F2O2/c8-3-5-6(9)1-4(10)2-7(5)11/h1-2,10-11H,3H2. The summed E-state index contributed by atoms with van der Waals surface area (Å²) < 4.78 is 24.4. The number of alkyl halides is 1. The van der Waals surface area contributed by atoms with Crippen LogP contribution in [0.2, 0.25) is 0 Å². The highest BCUT2D eigenvalue weighted by molar-refractivity contribution is 5.39. The van der Waals surface area contributed by atoms with E-state index >= 15 is 0 Å². The van der Waals surface area contributed by atoms with E-state index in [0.29, 0.717) is 0 Å². The molecule has 0 aliphatic carbocycles. The number of hydrogen-bond acceptors (Lipinski definition) is 2. The van der Waals surface area contributed by atoms with Crippen molar-refractivity contribution < 1.29 is 19.0 Å². The molecule has 0 aliphatic heterocycles. The molecule has 0 aliphatic rings. The van der Waals surface area contributed by atoms with Crippen LogP contribution in [0.25, 0.3) is 0 Å². The third-order valence-corrected chi connectivity index (χ3v) is 1.29. The molecule has 1 aromatic rings. The average molecular weight is 160 g/mol. The summed E-state index contributed by atoms with van der Waals surface area (Å²) in [5.74, 6) is -1.92. The Morgan fingerprint density at radius 1 is 1.27 bits per heavy atom. The summed E-state index contributed by atoms with van der Waals surface area (Å²) in [7, 11) is 0. The van der Waals surface area contributed by atoms with Gasteiger partial charge in [-0.05, 0) is 0 Å². The Balaban J connectivity index is 3.25. The molecule has 0 aromatic heterocycles. The van der Waals surface area contributed by atoms with Crippen LogP contribution >= 0.6 is 0 Å². The van der Waals surface area contributed by atoms with E-state index in [0.717, 1.165) is 12.1 Å². The van der Waals surface area contributed by atoms with Crippen LogP contribution in [0.15, 0.2) is 12.1 Å². The lowest BCUT2D eigenvalue weighted by atomic mass is 10.2. The minimum atomic E-state index is -1.09. The van der Waals surface area contributed by atoms with Crippen LogP contribution in [-0.2, 0) is 6.67 Å². The fourth-order valence-electron chi connectivity index (χ4n) is 0.740. The summed E-state index contributed by atoms with van der Waals surface area (Å²) in [6, 6.07) is 1.63. The zero-order chi connectivity index (χ0) is 8.43. The minimum Gasteiger partial charge on any atom is -0.508 e. The zero-order valence-corrected chi connectivity index (χ0v) is 5.51. The van der Waals surface area contributed by atoms with Gasteiger partial charge in [0.2, 0.25) is 0 Å². The molecule has 1 aromatic carbocycles. The van der Waals surface area contributed by atoms with Crippen LogP contribution in [-0.4, -0.2) is 10.2 Å². The molecule has 4 heteroatoms. The van der Waals surface area contributed by atoms with E-state index in [1.54, 1.807) is 0 Å². The first-order chi connectivity index (χ1) is 5.15. The predicted octanol–water partition coefficient (Wildman–Crippen LogP) is 1.71. The van der Waals surface area contributed by atoms with Gasteiger partial charge in [-0.3, -0.25) is 0 Å². The summed E-state index contributed by atoms with van der Waals surface area (Å²) in [6.07, 6.45) is 0. The number of phenols is 2. The molecule has 0 saturated heterocycles. The van der Waals surface area contributed by atoms with Crippen molar-refractivity contribution in [2.45, 2.75) is 6.67 Å². The van der Waals surface area contributed by atoms with E-state index in [-0.39, 0.29) is 0 Å². The van der Waals surface area contributed by atoms with E-state index in [9.17, 15) is 8.78 Å². The Kier molecular flexibility index (Phi) is 1.94. The minimum absolute atomic E-state index is 0.419. The Labute approximate surface area is 61.7 Å². The van der Waals surface area contributed by atoms with E-state index < -0.39 is 29.6 Å². The van der Waals surface area contributed by atoms with Crippen molar-refractivity contribution in [3.8, 4) is 11.5 Å². The van der Waals surface area contributed by atoms with Crippen LogP contribution in [0.5, 0.6) is 11.5 Å². The third kappa shape index (κ3) is 1.39. The molecular weight excluding hydrogens is 154 g/mol. The lowest BCUT2D eigenvalue weighted by molar-refractivity contribution is 0.405. The summed E-state index contributed by atoms with van der Waals surface area (Å²) in [5.41, 5.74) is -0.428. The Morgan fingerprint density at radius 3 is 2.36 bits per heavy atom. The average Bonchev–Trinajstić information content (AvgIpc) is 1.85. The SMILES string of the molecule is Oc1cc(O)c(CF)c(F)c1. The van der Waals surface area contributed by atoms with Gasteiger partial charge in [0.25, 0.3) is 0 Å². The monoisotopic (exact) mass is 160 g/mol. The second-order valence-corrected chi connectivity index (χ2v) is 2.06. The van der Waals surface area contributed by atoms with Crippen LogP contribution in [0.1, 0.15) is 5.56 Å². The number of benzene rings is 1. The first-order valence-corrected chi connectivity index (χ1v) is 2.91. The molecule has 60 valence electrons. The van der Waals surface area contributed by atoms with Gasteiger partial charge in [0.15, 0.2) is 0 Å². The van der Waals surface area contributed by atoms with Crippen LogP contribution in [0.4, 0.5) is 8.78 Å². The molecule has 0 saturated carbocycles. The molecular formula is C7H6F2O2. The molecule has 0 unspecified atom stereocenters. The molecule has 1 rings (SSSR count). The maximum absolute atomic E-state index is 12.6. The first-order valence-electron chi connectivity index (χ1n) is 2.91.